The molecule has 108 valence electrons. The summed E-state index contributed by atoms with van der Waals surface area (Å²) in [5, 5.41) is 0. The van der Waals surface area contributed by atoms with Crippen LogP contribution in [0.3, 0.4) is 0 Å². The Hall–Kier alpha value is -1.19. The molecule has 0 heterocycles. The summed E-state index contributed by atoms with van der Waals surface area (Å²) in [5.74, 6) is 0.0908. The molecular weight excluding hydrogens is 253 g/mol. The maximum Gasteiger partial charge on any atom is 0.573 e. The predicted octanol–water partition coefficient (Wildman–Crippen LogP) is 5.66. The number of halogens is 3. The Labute approximate surface area is 112 Å². The Morgan fingerprint density at radius 2 is 1.74 bits per heavy atom. The van der Waals surface area contributed by atoms with E-state index in [9.17, 15) is 13.2 Å². The number of para-hydroxylation sites is 1. The van der Waals surface area contributed by atoms with Crippen LogP contribution < -0.4 is 4.74 Å². The van der Waals surface area contributed by atoms with E-state index < -0.39 is 6.36 Å². The van der Waals surface area contributed by atoms with E-state index >= 15 is 0 Å². The third-order valence-corrected chi connectivity index (χ3v) is 3.13. The largest absolute Gasteiger partial charge is 0.573 e. The molecule has 0 radical (unpaired) electrons. The second-order valence-electron chi connectivity index (χ2n) is 4.71. The number of unbranched alkanes of at least 4 members (excludes halogenated alkanes) is 1. The van der Waals surface area contributed by atoms with Crippen LogP contribution in [-0.4, -0.2) is 6.36 Å². The number of alkyl halides is 3. The van der Waals surface area contributed by atoms with Gasteiger partial charge in [0, 0.05) is 0 Å². The molecule has 0 aliphatic carbocycles. The van der Waals surface area contributed by atoms with Crippen molar-refractivity contribution in [2.24, 2.45) is 0 Å². The monoisotopic (exact) mass is 274 g/mol. The first-order valence-electron chi connectivity index (χ1n) is 6.82. The molecule has 0 aromatic heterocycles. The van der Waals surface area contributed by atoms with Gasteiger partial charge in [0.25, 0.3) is 0 Å². The number of ether oxygens (including phenoxy) is 1. The van der Waals surface area contributed by atoms with Crippen LogP contribution in [-0.2, 0) is 0 Å². The van der Waals surface area contributed by atoms with Crippen molar-refractivity contribution in [2.45, 2.75) is 58.2 Å². The van der Waals surface area contributed by atoms with Crippen LogP contribution in [0.5, 0.6) is 5.75 Å². The molecule has 1 nitrogen and oxygen atoms in total. The van der Waals surface area contributed by atoms with Gasteiger partial charge in [-0.3, -0.25) is 0 Å². The Kier molecular flexibility index (Phi) is 6.19. The van der Waals surface area contributed by atoms with Gasteiger partial charge in [-0.1, -0.05) is 51.3 Å². The molecule has 0 aliphatic heterocycles. The van der Waals surface area contributed by atoms with Gasteiger partial charge in [-0.15, -0.1) is 13.2 Å². The van der Waals surface area contributed by atoms with Gasteiger partial charge in [0.2, 0.25) is 0 Å². The lowest BCUT2D eigenvalue weighted by molar-refractivity contribution is -0.275. The third-order valence-electron chi connectivity index (χ3n) is 3.13. The SMILES string of the molecule is CCCCC(CCC)c1ccccc1OC(F)(F)F. The minimum absolute atomic E-state index is 0.0513. The molecule has 0 bridgehead atoms. The Bertz CT molecular complexity index is 374. The fraction of sp³-hybridized carbons (Fsp3) is 0.600. The summed E-state index contributed by atoms with van der Waals surface area (Å²) in [6, 6.07) is 6.50. The summed E-state index contributed by atoms with van der Waals surface area (Å²) < 4.78 is 41.3. The quantitative estimate of drug-likeness (QED) is 0.623. The number of hydrogen-bond donors (Lipinski definition) is 0. The zero-order valence-electron chi connectivity index (χ0n) is 11.5. The molecule has 0 saturated carbocycles. The normalized spacial score (nSPS) is 13.3. The van der Waals surface area contributed by atoms with Crippen molar-refractivity contribution in [2.75, 3.05) is 0 Å². The van der Waals surface area contributed by atoms with E-state index in [-0.39, 0.29) is 11.7 Å². The summed E-state index contributed by atoms with van der Waals surface area (Å²) >= 11 is 0. The van der Waals surface area contributed by atoms with Gasteiger partial charge in [0.1, 0.15) is 5.75 Å². The highest BCUT2D eigenvalue weighted by Crippen LogP contribution is 2.36. The van der Waals surface area contributed by atoms with E-state index in [1.54, 1.807) is 18.2 Å². The molecule has 1 unspecified atom stereocenters. The average molecular weight is 274 g/mol. The smallest absolute Gasteiger partial charge is 0.405 e. The van der Waals surface area contributed by atoms with E-state index in [4.69, 9.17) is 0 Å². The summed E-state index contributed by atoms with van der Waals surface area (Å²) in [6.07, 6.45) is 0.181. The highest BCUT2D eigenvalue weighted by Gasteiger charge is 2.32. The van der Waals surface area contributed by atoms with Crippen molar-refractivity contribution >= 4 is 0 Å². The topological polar surface area (TPSA) is 9.23 Å². The van der Waals surface area contributed by atoms with Gasteiger partial charge in [0.15, 0.2) is 0 Å². The second-order valence-corrected chi connectivity index (χ2v) is 4.71. The van der Waals surface area contributed by atoms with Crippen LogP contribution in [0.4, 0.5) is 13.2 Å². The van der Waals surface area contributed by atoms with Crippen molar-refractivity contribution in [3.63, 3.8) is 0 Å². The molecular formula is C15H21F3O. The predicted molar refractivity (Wildman–Crippen MR) is 70.3 cm³/mol. The van der Waals surface area contributed by atoms with Gasteiger partial charge in [-0.2, -0.15) is 0 Å². The molecule has 0 saturated heterocycles. The lowest BCUT2D eigenvalue weighted by Crippen LogP contribution is -2.18. The fourth-order valence-corrected chi connectivity index (χ4v) is 2.29. The molecule has 0 N–H and O–H groups in total. The Balaban J connectivity index is 2.94. The van der Waals surface area contributed by atoms with Crippen molar-refractivity contribution < 1.29 is 17.9 Å². The van der Waals surface area contributed by atoms with E-state index in [1.165, 1.54) is 6.07 Å². The second kappa shape index (κ2) is 7.41. The number of hydrogen-bond acceptors (Lipinski definition) is 1. The molecule has 0 fully saturated rings. The van der Waals surface area contributed by atoms with Crippen molar-refractivity contribution in [3.8, 4) is 5.75 Å². The molecule has 1 rings (SSSR count). The third kappa shape index (κ3) is 5.53. The zero-order valence-corrected chi connectivity index (χ0v) is 11.5. The fourth-order valence-electron chi connectivity index (χ4n) is 2.29. The number of benzene rings is 1. The van der Waals surface area contributed by atoms with Crippen LogP contribution >= 0.6 is 0 Å². The van der Waals surface area contributed by atoms with Gasteiger partial charge < -0.3 is 4.74 Å². The first-order chi connectivity index (χ1) is 8.98. The lowest BCUT2D eigenvalue weighted by Gasteiger charge is -2.20. The molecule has 19 heavy (non-hydrogen) atoms. The zero-order chi connectivity index (χ0) is 14.3. The molecule has 0 aliphatic rings. The van der Waals surface area contributed by atoms with Crippen molar-refractivity contribution in [3.05, 3.63) is 29.8 Å². The Morgan fingerprint density at radius 1 is 1.05 bits per heavy atom. The van der Waals surface area contributed by atoms with Crippen LogP contribution in [0, 0.1) is 0 Å². The summed E-state index contributed by atoms with van der Waals surface area (Å²) in [7, 11) is 0. The molecule has 1 aromatic rings. The van der Waals surface area contributed by atoms with Gasteiger partial charge >= 0.3 is 6.36 Å². The number of rotatable bonds is 7. The maximum atomic E-state index is 12.4. The first kappa shape index (κ1) is 15.9. The minimum atomic E-state index is -4.63. The molecule has 1 atom stereocenters. The van der Waals surface area contributed by atoms with E-state index in [1.807, 2.05) is 6.92 Å². The lowest BCUT2D eigenvalue weighted by atomic mass is 9.89. The highest BCUT2D eigenvalue weighted by molar-refractivity contribution is 5.36. The summed E-state index contributed by atoms with van der Waals surface area (Å²) in [6.45, 7) is 4.13. The van der Waals surface area contributed by atoms with Gasteiger partial charge in [-0.05, 0) is 30.4 Å². The molecule has 4 heteroatoms. The van der Waals surface area contributed by atoms with Crippen LogP contribution in [0.2, 0.25) is 0 Å². The van der Waals surface area contributed by atoms with Crippen LogP contribution in [0.25, 0.3) is 0 Å². The van der Waals surface area contributed by atoms with Gasteiger partial charge in [0.05, 0.1) is 0 Å². The standard InChI is InChI=1S/C15H21F3O/c1-3-5-9-12(8-4-2)13-10-6-7-11-14(13)19-15(16,17)18/h6-7,10-12H,3-5,8-9H2,1-2H3. The van der Waals surface area contributed by atoms with E-state index in [2.05, 4.69) is 11.7 Å². The van der Waals surface area contributed by atoms with Crippen LogP contribution in [0.1, 0.15) is 57.4 Å². The van der Waals surface area contributed by atoms with Crippen LogP contribution in [0.15, 0.2) is 24.3 Å². The average Bonchev–Trinajstić information content (AvgIpc) is 2.33. The Morgan fingerprint density at radius 3 is 2.32 bits per heavy atom. The minimum Gasteiger partial charge on any atom is -0.405 e. The van der Waals surface area contributed by atoms with E-state index in [0.717, 1.165) is 32.1 Å². The van der Waals surface area contributed by atoms with Crippen molar-refractivity contribution in [1.82, 2.24) is 0 Å². The summed E-state index contributed by atoms with van der Waals surface area (Å²) in [4.78, 5) is 0. The summed E-state index contributed by atoms with van der Waals surface area (Å²) in [5.41, 5.74) is 0.676. The van der Waals surface area contributed by atoms with E-state index in [0.29, 0.717) is 5.56 Å². The maximum absolute atomic E-state index is 12.4. The molecule has 0 amide bonds. The van der Waals surface area contributed by atoms with Crippen molar-refractivity contribution in [1.29, 1.82) is 0 Å². The van der Waals surface area contributed by atoms with Gasteiger partial charge in [-0.25, -0.2) is 0 Å². The molecule has 0 spiro atoms. The molecule has 1 aromatic carbocycles. The first-order valence-corrected chi connectivity index (χ1v) is 6.82. The highest BCUT2D eigenvalue weighted by atomic mass is 19.4.